The topological polar surface area (TPSA) is 52.3 Å². The summed E-state index contributed by atoms with van der Waals surface area (Å²) in [5.74, 6) is -0.0632. The number of ketones is 1. The van der Waals surface area contributed by atoms with Crippen LogP contribution >= 0.6 is 0 Å². The smallest absolute Gasteiger partial charge is 0.190 e. The lowest BCUT2D eigenvalue weighted by atomic mass is 10.0. The molecule has 0 aliphatic heterocycles. The van der Waals surface area contributed by atoms with Crippen molar-refractivity contribution >= 4 is 22.2 Å². The molecule has 0 atom stereocenters. The zero-order valence-electron chi connectivity index (χ0n) is 10.5. The van der Waals surface area contributed by atoms with E-state index in [4.69, 9.17) is 10.5 Å². The molecule has 0 aromatic heterocycles. The van der Waals surface area contributed by atoms with E-state index in [-0.39, 0.29) is 12.4 Å². The monoisotopic (exact) mass is 243 g/mol. The highest BCUT2D eigenvalue weighted by Crippen LogP contribution is 2.22. The van der Waals surface area contributed by atoms with Crippen LogP contribution in [0.3, 0.4) is 0 Å². The molecule has 2 N–H and O–H groups in total. The molecular formula is C15H17NO2. The number of hydrogen-bond acceptors (Lipinski definition) is 3. The van der Waals surface area contributed by atoms with Gasteiger partial charge in [0.1, 0.15) is 6.61 Å². The molecule has 3 heteroatoms. The molecule has 0 saturated carbocycles. The minimum absolute atomic E-state index is 0.0632. The molecular weight excluding hydrogens is 226 g/mol. The number of anilines is 1. The molecule has 0 unspecified atom stereocenters. The molecule has 18 heavy (non-hydrogen) atoms. The Morgan fingerprint density at radius 2 is 1.89 bits per heavy atom. The summed E-state index contributed by atoms with van der Waals surface area (Å²) in [6.45, 7) is 2.70. The summed E-state index contributed by atoms with van der Waals surface area (Å²) >= 11 is 0. The average Bonchev–Trinajstić information content (AvgIpc) is 2.38. The first-order valence-corrected chi connectivity index (χ1v) is 6.11. The average molecular weight is 243 g/mol. The van der Waals surface area contributed by atoms with Gasteiger partial charge < -0.3 is 10.5 Å². The number of rotatable bonds is 5. The van der Waals surface area contributed by atoms with Crippen molar-refractivity contribution in [3.8, 4) is 0 Å². The summed E-state index contributed by atoms with van der Waals surface area (Å²) < 4.78 is 5.26. The maximum Gasteiger partial charge on any atom is 0.190 e. The normalized spacial score (nSPS) is 10.7. The highest BCUT2D eigenvalue weighted by atomic mass is 16.5. The standard InChI is InChI=1S/C15H17NO2/c1-2-7-18-10-15(17)13-8-11-5-3-4-6-12(11)9-14(13)16/h3-6,8-9H,2,7,10,16H2,1H3. The van der Waals surface area contributed by atoms with Crippen LogP contribution in [-0.2, 0) is 4.74 Å². The molecule has 0 aliphatic carbocycles. The van der Waals surface area contributed by atoms with E-state index in [1.807, 2.05) is 43.3 Å². The molecule has 2 aromatic carbocycles. The van der Waals surface area contributed by atoms with Gasteiger partial charge in [0.15, 0.2) is 5.78 Å². The number of benzene rings is 2. The second kappa shape index (κ2) is 5.65. The quantitative estimate of drug-likeness (QED) is 0.499. The van der Waals surface area contributed by atoms with Gasteiger partial charge in [-0.1, -0.05) is 31.2 Å². The number of fused-ring (bicyclic) bond motifs is 1. The van der Waals surface area contributed by atoms with E-state index in [1.54, 1.807) is 0 Å². The van der Waals surface area contributed by atoms with Crippen molar-refractivity contribution < 1.29 is 9.53 Å². The van der Waals surface area contributed by atoms with Crippen LogP contribution in [0.1, 0.15) is 23.7 Å². The van der Waals surface area contributed by atoms with Gasteiger partial charge in [0.25, 0.3) is 0 Å². The Morgan fingerprint density at radius 1 is 1.22 bits per heavy atom. The lowest BCUT2D eigenvalue weighted by Gasteiger charge is -2.07. The first-order chi connectivity index (χ1) is 8.72. The second-order valence-corrected chi connectivity index (χ2v) is 4.26. The first-order valence-electron chi connectivity index (χ1n) is 6.11. The fourth-order valence-electron chi connectivity index (χ4n) is 1.89. The van der Waals surface area contributed by atoms with Crippen molar-refractivity contribution in [2.45, 2.75) is 13.3 Å². The Hall–Kier alpha value is -1.87. The van der Waals surface area contributed by atoms with Gasteiger partial charge >= 0.3 is 0 Å². The van der Waals surface area contributed by atoms with E-state index >= 15 is 0 Å². The Morgan fingerprint density at radius 3 is 2.56 bits per heavy atom. The van der Waals surface area contributed by atoms with Gasteiger partial charge in [-0.3, -0.25) is 4.79 Å². The van der Waals surface area contributed by atoms with Crippen LogP contribution in [0.5, 0.6) is 0 Å². The van der Waals surface area contributed by atoms with E-state index in [1.165, 1.54) is 0 Å². The number of carbonyl (C=O) groups excluding carboxylic acids is 1. The number of hydrogen-bond donors (Lipinski definition) is 1. The van der Waals surface area contributed by atoms with Crippen molar-refractivity contribution in [3.63, 3.8) is 0 Å². The number of nitrogen functional groups attached to an aromatic ring is 1. The Labute approximate surface area is 107 Å². The molecule has 94 valence electrons. The summed E-state index contributed by atoms with van der Waals surface area (Å²) in [7, 11) is 0. The first kappa shape index (κ1) is 12.6. The van der Waals surface area contributed by atoms with Gasteiger partial charge in [0.05, 0.1) is 0 Å². The van der Waals surface area contributed by atoms with Crippen LogP contribution < -0.4 is 5.73 Å². The predicted molar refractivity (Wildman–Crippen MR) is 73.8 cm³/mol. The van der Waals surface area contributed by atoms with Gasteiger partial charge in [0.2, 0.25) is 0 Å². The maximum atomic E-state index is 12.0. The minimum Gasteiger partial charge on any atom is -0.398 e. The summed E-state index contributed by atoms with van der Waals surface area (Å²) in [5.41, 5.74) is 6.97. The molecule has 0 spiro atoms. The predicted octanol–water partition coefficient (Wildman–Crippen LogP) is 3.03. The van der Waals surface area contributed by atoms with Crippen molar-refractivity contribution in [3.05, 3.63) is 42.0 Å². The summed E-state index contributed by atoms with van der Waals surface area (Å²) in [6, 6.07) is 11.5. The largest absolute Gasteiger partial charge is 0.398 e. The molecule has 0 heterocycles. The van der Waals surface area contributed by atoms with Gasteiger partial charge in [-0.25, -0.2) is 0 Å². The summed E-state index contributed by atoms with van der Waals surface area (Å²) in [6.07, 6.45) is 0.903. The fraction of sp³-hybridized carbons (Fsp3) is 0.267. The Balaban J connectivity index is 2.27. The Bertz CT molecular complexity index is 563. The minimum atomic E-state index is -0.0632. The Kier molecular flexibility index (Phi) is 3.95. The van der Waals surface area contributed by atoms with Crippen LogP contribution in [0.2, 0.25) is 0 Å². The number of carbonyl (C=O) groups is 1. The third kappa shape index (κ3) is 2.68. The zero-order valence-corrected chi connectivity index (χ0v) is 10.5. The number of ether oxygens (including phenoxy) is 1. The third-order valence-corrected chi connectivity index (χ3v) is 2.80. The van der Waals surface area contributed by atoms with E-state index in [9.17, 15) is 4.79 Å². The molecule has 0 bridgehead atoms. The van der Waals surface area contributed by atoms with Crippen LogP contribution in [0.4, 0.5) is 5.69 Å². The van der Waals surface area contributed by atoms with Gasteiger partial charge in [0, 0.05) is 17.9 Å². The molecule has 2 rings (SSSR count). The van der Waals surface area contributed by atoms with Crippen molar-refractivity contribution in [2.24, 2.45) is 0 Å². The van der Waals surface area contributed by atoms with E-state index in [0.717, 1.165) is 17.2 Å². The summed E-state index contributed by atoms with van der Waals surface area (Å²) in [5, 5.41) is 2.06. The lowest BCUT2D eigenvalue weighted by molar-refractivity contribution is 0.0762. The molecule has 0 fully saturated rings. The highest BCUT2D eigenvalue weighted by molar-refractivity contribution is 6.05. The molecule has 3 nitrogen and oxygen atoms in total. The van der Waals surface area contributed by atoms with Crippen molar-refractivity contribution in [1.29, 1.82) is 0 Å². The van der Waals surface area contributed by atoms with Crippen molar-refractivity contribution in [2.75, 3.05) is 18.9 Å². The van der Waals surface area contributed by atoms with Gasteiger partial charge in [-0.15, -0.1) is 0 Å². The van der Waals surface area contributed by atoms with E-state index < -0.39 is 0 Å². The number of nitrogens with two attached hydrogens (primary N) is 1. The number of Topliss-reactive ketones (excluding diaryl/α,β-unsaturated/α-hetero) is 1. The third-order valence-electron chi connectivity index (χ3n) is 2.80. The molecule has 0 aliphatic rings. The molecule has 2 aromatic rings. The SMILES string of the molecule is CCCOCC(=O)c1cc2ccccc2cc1N. The molecule has 0 saturated heterocycles. The second-order valence-electron chi connectivity index (χ2n) is 4.26. The van der Waals surface area contributed by atoms with Crippen molar-refractivity contribution in [1.82, 2.24) is 0 Å². The molecule has 0 radical (unpaired) electrons. The van der Waals surface area contributed by atoms with Crippen LogP contribution in [-0.4, -0.2) is 19.0 Å². The molecule has 0 amide bonds. The summed E-state index contributed by atoms with van der Waals surface area (Å²) in [4.78, 5) is 12.0. The van der Waals surface area contributed by atoms with Crippen LogP contribution in [0.15, 0.2) is 36.4 Å². The maximum absolute atomic E-state index is 12.0. The lowest BCUT2D eigenvalue weighted by Crippen LogP contribution is -2.11. The van der Waals surface area contributed by atoms with Crippen LogP contribution in [0.25, 0.3) is 10.8 Å². The van der Waals surface area contributed by atoms with Gasteiger partial charge in [-0.2, -0.15) is 0 Å². The fourth-order valence-corrected chi connectivity index (χ4v) is 1.89. The van der Waals surface area contributed by atoms with Gasteiger partial charge in [-0.05, 0) is 29.3 Å². The van der Waals surface area contributed by atoms with E-state index in [0.29, 0.717) is 17.9 Å². The van der Waals surface area contributed by atoms with Crippen LogP contribution in [0, 0.1) is 0 Å². The zero-order chi connectivity index (χ0) is 13.0. The van der Waals surface area contributed by atoms with E-state index in [2.05, 4.69) is 0 Å². The highest BCUT2D eigenvalue weighted by Gasteiger charge is 2.10.